The largest absolute Gasteiger partial charge is 0.394 e. The van der Waals surface area contributed by atoms with Crippen LogP contribution in [0.5, 0.6) is 0 Å². The van der Waals surface area contributed by atoms with Crippen molar-refractivity contribution in [2.24, 2.45) is 0 Å². The lowest BCUT2D eigenvalue weighted by molar-refractivity contribution is 0.0801. The van der Waals surface area contributed by atoms with E-state index < -0.39 is 18.6 Å². The van der Waals surface area contributed by atoms with Gasteiger partial charge in [0.25, 0.3) is 5.91 Å². The van der Waals surface area contributed by atoms with Gasteiger partial charge in [-0.3, -0.25) is 4.79 Å². The minimum Gasteiger partial charge on any atom is -0.394 e. The van der Waals surface area contributed by atoms with Crippen molar-refractivity contribution in [2.45, 2.75) is 13.0 Å². The minimum atomic E-state index is -1.02. The molecule has 0 fully saturated rings. The standard InChI is InChI=1S/C14H15ClN2O4/c1-8-12(14(20)16-6-9(19)7-18)13(17-21-8)10-4-2-3-5-11(10)15/h2-5,9,18-19H,6-7H2,1H3,(H,16,20). The molecule has 0 spiro atoms. The SMILES string of the molecule is Cc1onc(-c2ccccc2Cl)c1C(=O)NCC(O)CO. The first-order valence-corrected chi connectivity index (χ1v) is 6.70. The van der Waals surface area contributed by atoms with Gasteiger partial charge in [-0.15, -0.1) is 0 Å². The summed E-state index contributed by atoms with van der Waals surface area (Å²) >= 11 is 6.11. The van der Waals surface area contributed by atoms with Crippen molar-refractivity contribution in [1.29, 1.82) is 0 Å². The van der Waals surface area contributed by atoms with Crippen molar-refractivity contribution in [2.75, 3.05) is 13.2 Å². The van der Waals surface area contributed by atoms with Gasteiger partial charge in [-0.1, -0.05) is 35.0 Å². The van der Waals surface area contributed by atoms with Crippen LogP contribution in [0.2, 0.25) is 5.02 Å². The Hall–Kier alpha value is -1.89. The first-order chi connectivity index (χ1) is 10.0. The second-order valence-electron chi connectivity index (χ2n) is 4.49. The van der Waals surface area contributed by atoms with Gasteiger partial charge in [0.2, 0.25) is 0 Å². The minimum absolute atomic E-state index is 0.0675. The Morgan fingerprint density at radius 3 is 2.86 bits per heavy atom. The summed E-state index contributed by atoms with van der Waals surface area (Å²) in [6, 6.07) is 6.98. The van der Waals surface area contributed by atoms with E-state index in [-0.39, 0.29) is 12.1 Å². The molecule has 1 heterocycles. The van der Waals surface area contributed by atoms with Gasteiger partial charge in [-0.25, -0.2) is 0 Å². The van der Waals surface area contributed by atoms with Crippen molar-refractivity contribution in [3.05, 3.63) is 40.6 Å². The first-order valence-electron chi connectivity index (χ1n) is 6.33. The Bertz CT molecular complexity index is 642. The van der Waals surface area contributed by atoms with E-state index in [1.54, 1.807) is 31.2 Å². The van der Waals surface area contributed by atoms with Gasteiger partial charge in [-0.2, -0.15) is 0 Å². The van der Waals surface area contributed by atoms with Gasteiger partial charge in [-0.05, 0) is 13.0 Å². The molecule has 0 bridgehead atoms. The number of aliphatic hydroxyl groups is 2. The smallest absolute Gasteiger partial charge is 0.257 e. The maximum absolute atomic E-state index is 12.2. The summed E-state index contributed by atoms with van der Waals surface area (Å²) in [5.74, 6) is -0.0999. The van der Waals surface area contributed by atoms with Crippen LogP contribution in [0, 0.1) is 6.92 Å². The lowest BCUT2D eigenvalue weighted by Crippen LogP contribution is -2.34. The lowest BCUT2D eigenvalue weighted by atomic mass is 10.1. The Morgan fingerprint density at radius 2 is 2.19 bits per heavy atom. The van der Waals surface area contributed by atoms with Crippen LogP contribution in [0.3, 0.4) is 0 Å². The molecule has 7 heteroatoms. The van der Waals surface area contributed by atoms with Crippen LogP contribution in [0.25, 0.3) is 11.3 Å². The summed E-state index contributed by atoms with van der Waals surface area (Å²) in [6.45, 7) is 1.12. The number of hydrogen-bond donors (Lipinski definition) is 3. The highest BCUT2D eigenvalue weighted by Gasteiger charge is 2.23. The number of halogens is 1. The number of nitrogens with zero attached hydrogens (tertiary/aromatic N) is 1. The monoisotopic (exact) mass is 310 g/mol. The van der Waals surface area contributed by atoms with Crippen molar-refractivity contribution in [1.82, 2.24) is 10.5 Å². The molecule has 1 aromatic heterocycles. The Kier molecular flexibility index (Phi) is 4.95. The second kappa shape index (κ2) is 6.71. The van der Waals surface area contributed by atoms with E-state index in [4.69, 9.17) is 21.2 Å². The molecule has 0 saturated heterocycles. The summed E-state index contributed by atoms with van der Waals surface area (Å²) in [6.07, 6.45) is -1.02. The van der Waals surface area contributed by atoms with Crippen LogP contribution in [-0.2, 0) is 0 Å². The highest BCUT2D eigenvalue weighted by molar-refractivity contribution is 6.33. The molecule has 112 valence electrons. The molecular weight excluding hydrogens is 296 g/mol. The molecule has 0 aliphatic rings. The van der Waals surface area contributed by atoms with Crippen LogP contribution in [0.15, 0.2) is 28.8 Å². The fourth-order valence-corrected chi connectivity index (χ4v) is 2.07. The number of aromatic nitrogens is 1. The Morgan fingerprint density at radius 1 is 1.48 bits per heavy atom. The van der Waals surface area contributed by atoms with E-state index in [9.17, 15) is 9.90 Å². The number of hydrogen-bond acceptors (Lipinski definition) is 5. The van der Waals surface area contributed by atoms with E-state index in [1.165, 1.54) is 0 Å². The fourth-order valence-electron chi connectivity index (χ4n) is 1.84. The molecule has 1 unspecified atom stereocenters. The van der Waals surface area contributed by atoms with Crippen LogP contribution in [0.4, 0.5) is 0 Å². The van der Waals surface area contributed by atoms with Gasteiger partial charge in [0.1, 0.15) is 17.0 Å². The molecule has 2 aromatic rings. The first kappa shape index (κ1) is 15.5. The summed E-state index contributed by atoms with van der Waals surface area (Å²) in [4.78, 5) is 12.2. The van der Waals surface area contributed by atoms with Crippen molar-refractivity contribution >= 4 is 17.5 Å². The molecule has 1 atom stereocenters. The van der Waals surface area contributed by atoms with Crippen molar-refractivity contribution in [3.8, 4) is 11.3 Å². The number of benzene rings is 1. The average molecular weight is 311 g/mol. The van der Waals surface area contributed by atoms with Crippen molar-refractivity contribution in [3.63, 3.8) is 0 Å². The van der Waals surface area contributed by atoms with Gasteiger partial charge in [0.05, 0.1) is 17.7 Å². The number of carbonyl (C=O) groups excluding carboxylic acids is 1. The van der Waals surface area contributed by atoms with E-state index in [0.29, 0.717) is 22.0 Å². The summed E-state index contributed by atoms with van der Waals surface area (Å²) < 4.78 is 5.08. The number of amides is 1. The highest BCUT2D eigenvalue weighted by Crippen LogP contribution is 2.30. The third kappa shape index (κ3) is 3.41. The molecule has 21 heavy (non-hydrogen) atoms. The predicted molar refractivity (Wildman–Crippen MR) is 77.1 cm³/mol. The quantitative estimate of drug-likeness (QED) is 0.775. The highest BCUT2D eigenvalue weighted by atomic mass is 35.5. The third-order valence-corrected chi connectivity index (χ3v) is 3.26. The van der Waals surface area contributed by atoms with Crippen molar-refractivity contribution < 1.29 is 19.5 Å². The zero-order valence-corrected chi connectivity index (χ0v) is 12.1. The van der Waals surface area contributed by atoms with Crippen LogP contribution >= 0.6 is 11.6 Å². The van der Waals surface area contributed by atoms with Crippen LogP contribution < -0.4 is 5.32 Å². The van der Waals surface area contributed by atoms with E-state index in [0.717, 1.165) is 0 Å². The summed E-state index contributed by atoms with van der Waals surface area (Å²) in [5.41, 5.74) is 1.19. The molecule has 0 aliphatic carbocycles. The zero-order chi connectivity index (χ0) is 15.4. The van der Waals surface area contributed by atoms with Gasteiger partial charge < -0.3 is 20.1 Å². The van der Waals surface area contributed by atoms with E-state index in [2.05, 4.69) is 10.5 Å². The maximum atomic E-state index is 12.2. The molecular formula is C14H15ClN2O4. The molecule has 0 aliphatic heterocycles. The topological polar surface area (TPSA) is 95.6 Å². The van der Waals surface area contributed by atoms with E-state index >= 15 is 0 Å². The van der Waals surface area contributed by atoms with Gasteiger partial charge in [0.15, 0.2) is 0 Å². The number of nitrogens with one attached hydrogen (secondary N) is 1. The number of carbonyl (C=O) groups is 1. The molecule has 0 saturated carbocycles. The molecule has 3 N–H and O–H groups in total. The number of aliphatic hydroxyl groups excluding tert-OH is 2. The fraction of sp³-hybridized carbons (Fsp3) is 0.286. The summed E-state index contributed by atoms with van der Waals surface area (Å²) in [7, 11) is 0. The Balaban J connectivity index is 2.31. The molecule has 0 radical (unpaired) electrons. The third-order valence-electron chi connectivity index (χ3n) is 2.93. The van der Waals surface area contributed by atoms with Gasteiger partial charge >= 0.3 is 0 Å². The predicted octanol–water partition coefficient (Wildman–Crippen LogP) is 1.39. The molecule has 1 aromatic carbocycles. The molecule has 1 amide bonds. The van der Waals surface area contributed by atoms with E-state index in [1.807, 2.05) is 0 Å². The lowest BCUT2D eigenvalue weighted by Gasteiger charge is -2.09. The Labute approximate surface area is 126 Å². The second-order valence-corrected chi connectivity index (χ2v) is 4.90. The van der Waals surface area contributed by atoms with Crippen LogP contribution in [0.1, 0.15) is 16.1 Å². The average Bonchev–Trinajstić information content (AvgIpc) is 2.86. The number of rotatable bonds is 5. The molecule has 6 nitrogen and oxygen atoms in total. The zero-order valence-electron chi connectivity index (χ0n) is 11.3. The van der Waals surface area contributed by atoms with Crippen LogP contribution in [-0.4, -0.2) is 40.5 Å². The summed E-state index contributed by atoms with van der Waals surface area (Å²) in [5, 5.41) is 24.9. The van der Waals surface area contributed by atoms with Gasteiger partial charge in [0, 0.05) is 12.1 Å². The molecule has 2 rings (SSSR count). The maximum Gasteiger partial charge on any atom is 0.257 e. The normalized spacial score (nSPS) is 12.2. The number of aryl methyl sites for hydroxylation is 1.